The normalized spacial score (nSPS) is 11.9. The summed E-state index contributed by atoms with van der Waals surface area (Å²) in [6.07, 6.45) is 0.828. The number of methoxy groups -OCH3 is 1. The highest BCUT2D eigenvalue weighted by Crippen LogP contribution is 2.21. The van der Waals surface area contributed by atoms with E-state index in [1.54, 1.807) is 20.1 Å². The minimum atomic E-state index is -0.356. The molecule has 0 aliphatic rings. The number of anilines is 1. The molecule has 1 atom stereocenters. The summed E-state index contributed by atoms with van der Waals surface area (Å²) in [5.41, 5.74) is 1.54. The molecular weight excluding hydrogens is 219 g/mol. The van der Waals surface area contributed by atoms with Crippen molar-refractivity contribution in [1.29, 1.82) is 5.26 Å². The Morgan fingerprint density at radius 3 is 2.82 bits per heavy atom. The monoisotopic (exact) mass is 236 g/mol. The van der Waals surface area contributed by atoms with Gasteiger partial charge in [0.05, 0.1) is 11.6 Å². The van der Waals surface area contributed by atoms with Gasteiger partial charge in [-0.25, -0.2) is 4.39 Å². The minimum absolute atomic E-state index is 0.169. The van der Waals surface area contributed by atoms with Crippen molar-refractivity contribution in [2.24, 2.45) is 0 Å². The molecule has 17 heavy (non-hydrogen) atoms. The quantitative estimate of drug-likeness (QED) is 0.855. The summed E-state index contributed by atoms with van der Waals surface area (Å²) in [6.45, 7) is 4.34. The van der Waals surface area contributed by atoms with Crippen molar-refractivity contribution in [3.63, 3.8) is 0 Å². The number of nitrogens with zero attached hydrogens (tertiary/aromatic N) is 1. The van der Waals surface area contributed by atoms with E-state index < -0.39 is 0 Å². The fourth-order valence-electron chi connectivity index (χ4n) is 1.53. The molecule has 0 aliphatic heterocycles. The van der Waals surface area contributed by atoms with Gasteiger partial charge in [-0.1, -0.05) is 0 Å². The highest BCUT2D eigenvalue weighted by Gasteiger charge is 2.09. The Labute approximate surface area is 101 Å². The van der Waals surface area contributed by atoms with Crippen LogP contribution in [-0.4, -0.2) is 19.8 Å². The molecular formula is C13H17FN2O. The van der Waals surface area contributed by atoms with Crippen LogP contribution in [0.5, 0.6) is 0 Å². The van der Waals surface area contributed by atoms with Crippen molar-refractivity contribution in [2.75, 3.05) is 19.0 Å². The molecule has 1 unspecified atom stereocenters. The summed E-state index contributed by atoms with van der Waals surface area (Å²) in [4.78, 5) is 0. The lowest BCUT2D eigenvalue weighted by Gasteiger charge is -2.17. The average Bonchev–Trinajstić information content (AvgIpc) is 2.32. The van der Waals surface area contributed by atoms with Crippen LogP contribution in [0.15, 0.2) is 12.1 Å². The minimum Gasteiger partial charge on any atom is -0.385 e. The maximum Gasteiger partial charge on any atom is 0.129 e. The smallest absolute Gasteiger partial charge is 0.129 e. The molecule has 0 radical (unpaired) electrons. The van der Waals surface area contributed by atoms with Crippen LogP contribution in [0.25, 0.3) is 0 Å². The van der Waals surface area contributed by atoms with Crippen molar-refractivity contribution < 1.29 is 9.13 Å². The van der Waals surface area contributed by atoms with Crippen LogP contribution >= 0.6 is 0 Å². The van der Waals surface area contributed by atoms with E-state index in [1.807, 2.05) is 13.0 Å². The van der Waals surface area contributed by atoms with Gasteiger partial charge in [-0.15, -0.1) is 0 Å². The molecule has 4 heteroatoms. The number of rotatable bonds is 5. The molecule has 0 heterocycles. The molecule has 0 saturated carbocycles. The number of nitriles is 1. The van der Waals surface area contributed by atoms with Crippen molar-refractivity contribution in [3.8, 4) is 6.07 Å². The van der Waals surface area contributed by atoms with Crippen molar-refractivity contribution in [2.45, 2.75) is 26.3 Å². The zero-order chi connectivity index (χ0) is 12.8. The average molecular weight is 236 g/mol. The maximum absolute atomic E-state index is 13.5. The summed E-state index contributed by atoms with van der Waals surface area (Å²) in [5, 5.41) is 12.0. The highest BCUT2D eigenvalue weighted by atomic mass is 19.1. The van der Waals surface area contributed by atoms with Gasteiger partial charge in [0.15, 0.2) is 0 Å². The van der Waals surface area contributed by atoms with E-state index >= 15 is 0 Å². The van der Waals surface area contributed by atoms with Gasteiger partial charge in [0.25, 0.3) is 0 Å². The van der Waals surface area contributed by atoms with Gasteiger partial charge in [-0.3, -0.25) is 0 Å². The van der Waals surface area contributed by atoms with Crippen LogP contribution in [0.2, 0.25) is 0 Å². The van der Waals surface area contributed by atoms with Gasteiger partial charge in [0.2, 0.25) is 0 Å². The molecule has 0 fully saturated rings. The van der Waals surface area contributed by atoms with Crippen LogP contribution in [-0.2, 0) is 4.74 Å². The summed E-state index contributed by atoms with van der Waals surface area (Å²) in [6, 6.07) is 5.03. The Balaban J connectivity index is 2.83. The van der Waals surface area contributed by atoms with Gasteiger partial charge >= 0.3 is 0 Å². The zero-order valence-electron chi connectivity index (χ0n) is 10.4. The van der Waals surface area contributed by atoms with E-state index in [0.717, 1.165) is 6.42 Å². The van der Waals surface area contributed by atoms with Gasteiger partial charge in [0.1, 0.15) is 5.82 Å². The first-order valence-corrected chi connectivity index (χ1v) is 5.54. The number of hydrogen-bond acceptors (Lipinski definition) is 3. The van der Waals surface area contributed by atoms with Gasteiger partial charge < -0.3 is 10.1 Å². The lowest BCUT2D eigenvalue weighted by atomic mass is 10.1. The second kappa shape index (κ2) is 6.21. The van der Waals surface area contributed by atoms with Crippen LogP contribution in [0.4, 0.5) is 10.1 Å². The van der Waals surface area contributed by atoms with E-state index in [2.05, 4.69) is 5.32 Å². The lowest BCUT2D eigenvalue weighted by molar-refractivity contribution is 0.191. The topological polar surface area (TPSA) is 45.0 Å². The Morgan fingerprint density at radius 1 is 1.53 bits per heavy atom. The van der Waals surface area contributed by atoms with Crippen LogP contribution in [0.1, 0.15) is 24.5 Å². The third-order valence-corrected chi connectivity index (χ3v) is 2.63. The molecule has 0 aliphatic carbocycles. The SMILES string of the molecule is COCCC(C)Nc1cc(C#N)cc(F)c1C. The maximum atomic E-state index is 13.5. The Morgan fingerprint density at radius 2 is 2.24 bits per heavy atom. The Bertz CT molecular complexity index is 426. The Kier molecular flexibility index (Phi) is 4.92. The third-order valence-electron chi connectivity index (χ3n) is 2.63. The summed E-state index contributed by atoms with van der Waals surface area (Å²) >= 11 is 0. The summed E-state index contributed by atoms with van der Waals surface area (Å²) in [7, 11) is 1.65. The fourth-order valence-corrected chi connectivity index (χ4v) is 1.53. The first kappa shape index (κ1) is 13.5. The largest absolute Gasteiger partial charge is 0.385 e. The molecule has 0 saturated heterocycles. The standard InChI is InChI=1S/C13H17FN2O/c1-9(4-5-17-3)16-13-7-11(8-15)6-12(14)10(13)2/h6-7,9,16H,4-5H2,1-3H3. The molecule has 0 spiro atoms. The van der Waals surface area contributed by atoms with E-state index in [4.69, 9.17) is 10.00 Å². The lowest BCUT2D eigenvalue weighted by Crippen LogP contribution is -2.18. The van der Waals surface area contributed by atoms with Crippen LogP contribution < -0.4 is 5.32 Å². The summed E-state index contributed by atoms with van der Waals surface area (Å²) < 4.78 is 18.5. The number of benzene rings is 1. The molecule has 3 nitrogen and oxygen atoms in total. The van der Waals surface area contributed by atoms with Crippen LogP contribution in [0, 0.1) is 24.1 Å². The number of nitrogens with one attached hydrogen (secondary N) is 1. The second-order valence-electron chi connectivity index (χ2n) is 4.07. The van der Waals surface area contributed by atoms with Crippen molar-refractivity contribution >= 4 is 5.69 Å². The van der Waals surface area contributed by atoms with Crippen molar-refractivity contribution in [1.82, 2.24) is 0 Å². The van der Waals surface area contributed by atoms with Gasteiger partial charge in [-0.2, -0.15) is 5.26 Å². The third kappa shape index (κ3) is 3.72. The van der Waals surface area contributed by atoms with Crippen LogP contribution in [0.3, 0.4) is 0 Å². The van der Waals surface area contributed by atoms with E-state index in [-0.39, 0.29) is 11.9 Å². The van der Waals surface area contributed by atoms with E-state index in [1.165, 1.54) is 6.07 Å². The molecule has 1 aromatic rings. The summed E-state index contributed by atoms with van der Waals surface area (Å²) in [5.74, 6) is -0.356. The van der Waals surface area contributed by atoms with Gasteiger partial charge in [-0.05, 0) is 32.4 Å². The fraction of sp³-hybridized carbons (Fsp3) is 0.462. The zero-order valence-corrected chi connectivity index (χ0v) is 10.4. The molecule has 0 aromatic heterocycles. The number of hydrogen-bond donors (Lipinski definition) is 1. The molecule has 1 rings (SSSR count). The first-order chi connectivity index (χ1) is 8.08. The predicted octanol–water partition coefficient (Wildman–Crippen LogP) is 2.84. The molecule has 0 amide bonds. The number of halogens is 1. The predicted molar refractivity (Wildman–Crippen MR) is 65.4 cm³/mol. The second-order valence-corrected chi connectivity index (χ2v) is 4.07. The van der Waals surface area contributed by atoms with E-state index in [0.29, 0.717) is 23.4 Å². The molecule has 0 bridgehead atoms. The molecule has 92 valence electrons. The number of ether oxygens (including phenoxy) is 1. The molecule has 1 aromatic carbocycles. The highest BCUT2D eigenvalue weighted by molar-refractivity contribution is 5.56. The molecule has 1 N–H and O–H groups in total. The first-order valence-electron chi connectivity index (χ1n) is 5.54. The van der Waals surface area contributed by atoms with E-state index in [9.17, 15) is 4.39 Å². The van der Waals surface area contributed by atoms with Gasteiger partial charge in [0, 0.05) is 31.0 Å². The Hall–Kier alpha value is -1.60. The van der Waals surface area contributed by atoms with Crippen molar-refractivity contribution in [3.05, 3.63) is 29.1 Å².